The van der Waals surface area contributed by atoms with Gasteiger partial charge in [-0.3, -0.25) is 0 Å². The van der Waals surface area contributed by atoms with Crippen LogP contribution in [0.5, 0.6) is 0 Å². The average molecular weight is 461 g/mol. The van der Waals surface area contributed by atoms with Gasteiger partial charge < -0.3 is 0 Å². The number of hydrogen-bond donors (Lipinski definition) is 0. The van der Waals surface area contributed by atoms with Gasteiger partial charge in [-0.25, -0.2) is 13.2 Å². The van der Waals surface area contributed by atoms with Crippen molar-refractivity contribution in [3.63, 3.8) is 0 Å². The summed E-state index contributed by atoms with van der Waals surface area (Å²) in [6, 6.07) is 15.6. The molecular formula is C31H31F3. The third-order valence-corrected chi connectivity index (χ3v) is 6.72. The van der Waals surface area contributed by atoms with E-state index in [0.29, 0.717) is 34.6 Å². The second-order valence-electron chi connectivity index (χ2n) is 9.07. The van der Waals surface area contributed by atoms with Crippen molar-refractivity contribution in [2.45, 2.75) is 52.4 Å². The highest BCUT2D eigenvalue weighted by Crippen LogP contribution is 2.34. The lowest BCUT2D eigenvalue weighted by Crippen LogP contribution is -2.02. The Morgan fingerprint density at radius 2 is 1.53 bits per heavy atom. The predicted molar refractivity (Wildman–Crippen MR) is 136 cm³/mol. The zero-order chi connectivity index (χ0) is 24.1. The molecular weight excluding hydrogens is 429 g/mol. The van der Waals surface area contributed by atoms with Gasteiger partial charge in [-0.2, -0.15) is 0 Å². The van der Waals surface area contributed by atoms with Crippen LogP contribution in [-0.2, 0) is 6.42 Å². The van der Waals surface area contributed by atoms with Gasteiger partial charge in [0.1, 0.15) is 5.82 Å². The first-order valence-electron chi connectivity index (χ1n) is 12.2. The van der Waals surface area contributed by atoms with E-state index in [0.717, 1.165) is 37.7 Å². The summed E-state index contributed by atoms with van der Waals surface area (Å²) < 4.78 is 44.2. The van der Waals surface area contributed by atoms with Crippen LogP contribution in [-0.4, -0.2) is 0 Å². The summed E-state index contributed by atoms with van der Waals surface area (Å²) in [6.07, 6.45) is 11.8. The van der Waals surface area contributed by atoms with Crippen molar-refractivity contribution in [2.75, 3.05) is 0 Å². The molecule has 3 aromatic rings. The van der Waals surface area contributed by atoms with E-state index in [1.807, 2.05) is 19.9 Å². The summed E-state index contributed by atoms with van der Waals surface area (Å²) >= 11 is 0. The summed E-state index contributed by atoms with van der Waals surface area (Å²) in [6.45, 7) is 4.06. The Kier molecular flexibility index (Phi) is 7.72. The highest BCUT2D eigenvalue weighted by Gasteiger charge is 2.17. The highest BCUT2D eigenvalue weighted by molar-refractivity contribution is 5.74. The van der Waals surface area contributed by atoms with Gasteiger partial charge in [0.15, 0.2) is 11.6 Å². The minimum Gasteiger partial charge on any atom is -0.206 e. The van der Waals surface area contributed by atoms with Gasteiger partial charge >= 0.3 is 0 Å². The molecule has 0 aromatic heterocycles. The van der Waals surface area contributed by atoms with Crippen molar-refractivity contribution >= 4 is 5.57 Å². The lowest BCUT2D eigenvalue weighted by molar-refractivity contribution is 0.499. The molecule has 0 nitrogen and oxygen atoms in total. The molecule has 0 aliphatic heterocycles. The molecule has 1 atom stereocenters. The molecule has 0 amide bonds. The van der Waals surface area contributed by atoms with E-state index in [2.05, 4.69) is 18.2 Å². The van der Waals surface area contributed by atoms with E-state index in [-0.39, 0.29) is 11.4 Å². The van der Waals surface area contributed by atoms with Crippen LogP contribution in [0.1, 0.15) is 57.1 Å². The molecule has 34 heavy (non-hydrogen) atoms. The zero-order valence-electron chi connectivity index (χ0n) is 19.9. The Hall–Kier alpha value is -3.07. The van der Waals surface area contributed by atoms with Crippen molar-refractivity contribution in [2.24, 2.45) is 5.92 Å². The van der Waals surface area contributed by atoms with Gasteiger partial charge in [0.25, 0.3) is 0 Å². The summed E-state index contributed by atoms with van der Waals surface area (Å²) in [5.74, 6) is -1.30. The summed E-state index contributed by atoms with van der Waals surface area (Å²) in [5.41, 5.74) is 4.54. The standard InChI is InChI=1S/C31H31F3/c1-3-5-7-25-16-19-28(31(34)30(25)33)24-14-12-23(13-15-24)27-18-17-26(20-29(27)32)22-10-8-21(6-4-2)9-11-22/h4,6,10,12-21H,3,5,7-9,11H2,1-2H3. The monoisotopic (exact) mass is 460 g/mol. The Morgan fingerprint density at radius 3 is 2.15 bits per heavy atom. The second kappa shape index (κ2) is 10.9. The van der Waals surface area contributed by atoms with E-state index in [1.165, 1.54) is 5.57 Å². The van der Waals surface area contributed by atoms with Crippen molar-refractivity contribution in [3.05, 3.63) is 101 Å². The van der Waals surface area contributed by atoms with Gasteiger partial charge in [-0.15, -0.1) is 0 Å². The molecule has 0 bridgehead atoms. The van der Waals surface area contributed by atoms with E-state index >= 15 is 4.39 Å². The molecule has 3 heteroatoms. The first-order valence-corrected chi connectivity index (χ1v) is 12.2. The molecule has 0 saturated heterocycles. The molecule has 1 aliphatic rings. The normalized spacial score (nSPS) is 16.1. The van der Waals surface area contributed by atoms with Crippen LogP contribution < -0.4 is 0 Å². The van der Waals surface area contributed by atoms with E-state index < -0.39 is 11.6 Å². The second-order valence-corrected chi connectivity index (χ2v) is 9.07. The number of benzene rings is 3. The van der Waals surface area contributed by atoms with Crippen molar-refractivity contribution < 1.29 is 13.2 Å². The quantitative estimate of drug-likeness (QED) is 0.308. The average Bonchev–Trinajstić information content (AvgIpc) is 2.86. The summed E-state index contributed by atoms with van der Waals surface area (Å²) in [7, 11) is 0. The first kappa shape index (κ1) is 24.1. The molecule has 0 fully saturated rings. The molecule has 4 rings (SSSR count). The predicted octanol–water partition coefficient (Wildman–Crippen LogP) is 9.54. The van der Waals surface area contributed by atoms with Crippen LogP contribution in [0.4, 0.5) is 13.2 Å². The molecule has 0 radical (unpaired) electrons. The number of rotatable bonds is 7. The fourth-order valence-electron chi connectivity index (χ4n) is 4.71. The third kappa shape index (κ3) is 5.19. The van der Waals surface area contributed by atoms with Crippen LogP contribution in [0.15, 0.2) is 72.8 Å². The van der Waals surface area contributed by atoms with E-state index in [4.69, 9.17) is 0 Å². The van der Waals surface area contributed by atoms with Gasteiger partial charge in [-0.1, -0.05) is 80.1 Å². The molecule has 0 heterocycles. The molecule has 0 spiro atoms. The van der Waals surface area contributed by atoms with E-state index in [9.17, 15) is 8.78 Å². The number of allylic oxidation sites excluding steroid dienone is 4. The van der Waals surface area contributed by atoms with Crippen LogP contribution in [0, 0.1) is 23.4 Å². The first-order chi connectivity index (χ1) is 16.5. The minimum absolute atomic E-state index is 0.223. The smallest absolute Gasteiger partial charge is 0.166 e. The molecule has 176 valence electrons. The largest absolute Gasteiger partial charge is 0.206 e. The Morgan fingerprint density at radius 1 is 0.853 bits per heavy atom. The van der Waals surface area contributed by atoms with Crippen LogP contribution in [0.2, 0.25) is 0 Å². The maximum Gasteiger partial charge on any atom is 0.166 e. The van der Waals surface area contributed by atoms with Gasteiger partial charge in [0.2, 0.25) is 0 Å². The maximum atomic E-state index is 15.0. The Bertz CT molecular complexity index is 1200. The van der Waals surface area contributed by atoms with Crippen molar-refractivity contribution in [1.82, 2.24) is 0 Å². The maximum absolute atomic E-state index is 15.0. The summed E-state index contributed by atoms with van der Waals surface area (Å²) in [5, 5.41) is 0. The van der Waals surface area contributed by atoms with Crippen molar-refractivity contribution in [1.29, 1.82) is 0 Å². The SMILES string of the molecule is CC=CC1CC=C(c2ccc(-c3ccc(-c4ccc(CCCC)c(F)c4F)cc3)c(F)c2)CC1. The number of aryl methyl sites for hydroxylation is 1. The van der Waals surface area contributed by atoms with Crippen molar-refractivity contribution in [3.8, 4) is 22.3 Å². The molecule has 0 saturated carbocycles. The Balaban J connectivity index is 1.54. The number of unbranched alkanes of at least 4 members (excludes halogenated alkanes) is 1. The fraction of sp³-hybridized carbons (Fsp3) is 0.290. The minimum atomic E-state index is -0.825. The topological polar surface area (TPSA) is 0 Å². The zero-order valence-corrected chi connectivity index (χ0v) is 19.9. The van der Waals surface area contributed by atoms with Gasteiger partial charge in [0, 0.05) is 11.1 Å². The molecule has 1 unspecified atom stereocenters. The molecule has 3 aromatic carbocycles. The number of halogens is 3. The lowest BCUT2D eigenvalue weighted by atomic mass is 9.86. The van der Waals surface area contributed by atoms with E-state index in [1.54, 1.807) is 48.5 Å². The van der Waals surface area contributed by atoms with Crippen LogP contribution >= 0.6 is 0 Å². The Labute approximate surface area is 200 Å². The number of hydrogen-bond acceptors (Lipinski definition) is 0. The summed E-state index contributed by atoms with van der Waals surface area (Å²) in [4.78, 5) is 0. The lowest BCUT2D eigenvalue weighted by Gasteiger charge is -2.20. The van der Waals surface area contributed by atoms with Crippen LogP contribution in [0.25, 0.3) is 27.8 Å². The fourth-order valence-corrected chi connectivity index (χ4v) is 4.71. The molecule has 0 N–H and O–H groups in total. The van der Waals surface area contributed by atoms with Gasteiger partial charge in [0.05, 0.1) is 0 Å². The highest BCUT2D eigenvalue weighted by atomic mass is 19.2. The van der Waals surface area contributed by atoms with Gasteiger partial charge in [-0.05, 0) is 78.8 Å². The molecule has 1 aliphatic carbocycles. The third-order valence-electron chi connectivity index (χ3n) is 6.72. The van der Waals surface area contributed by atoms with Crippen LogP contribution in [0.3, 0.4) is 0 Å².